The Hall–Kier alpha value is -2.14. The highest BCUT2D eigenvalue weighted by molar-refractivity contribution is 6.28. The molecular weight excluding hydrogens is 322 g/mol. The first-order valence-corrected chi connectivity index (χ1v) is 8.82. The van der Waals surface area contributed by atoms with Crippen LogP contribution in [-0.4, -0.2) is 19.5 Å². The number of fused-ring (bicyclic) bond motifs is 1. The van der Waals surface area contributed by atoms with Gasteiger partial charge in [-0.15, -0.1) is 0 Å². The first kappa shape index (κ1) is 15.4. The van der Waals surface area contributed by atoms with E-state index >= 15 is 0 Å². The Balaban J connectivity index is 1.70. The van der Waals surface area contributed by atoms with Crippen LogP contribution in [0, 0.1) is 0 Å². The number of rotatable bonds is 4. The van der Waals surface area contributed by atoms with E-state index in [-0.39, 0.29) is 11.3 Å². The zero-order valence-electron chi connectivity index (χ0n) is 13.6. The van der Waals surface area contributed by atoms with Gasteiger partial charge in [-0.2, -0.15) is 9.97 Å². The molecule has 0 bridgehead atoms. The van der Waals surface area contributed by atoms with Crippen molar-refractivity contribution in [2.45, 2.75) is 44.7 Å². The molecule has 0 amide bonds. The van der Waals surface area contributed by atoms with E-state index in [0.29, 0.717) is 11.9 Å². The van der Waals surface area contributed by atoms with Crippen LogP contribution in [0.5, 0.6) is 0 Å². The average molecular weight is 342 g/mol. The second-order valence-electron chi connectivity index (χ2n) is 6.38. The molecule has 0 aliphatic heterocycles. The van der Waals surface area contributed by atoms with Crippen LogP contribution in [0.2, 0.25) is 5.28 Å². The Labute approximate surface area is 146 Å². The highest BCUT2D eigenvalue weighted by atomic mass is 35.5. The molecule has 0 radical (unpaired) electrons. The smallest absolute Gasteiger partial charge is 0.226 e. The lowest BCUT2D eigenvalue weighted by molar-refractivity contribution is 0.529. The molecule has 24 heavy (non-hydrogen) atoms. The summed E-state index contributed by atoms with van der Waals surface area (Å²) in [5, 5.41) is 3.69. The van der Waals surface area contributed by atoms with Gasteiger partial charge in [-0.1, -0.05) is 43.2 Å². The molecule has 6 heteroatoms. The summed E-state index contributed by atoms with van der Waals surface area (Å²) < 4.78 is 2.16. The number of anilines is 1. The number of imidazole rings is 1. The van der Waals surface area contributed by atoms with Gasteiger partial charge in [-0.3, -0.25) is 0 Å². The second-order valence-corrected chi connectivity index (χ2v) is 6.72. The van der Waals surface area contributed by atoms with Crippen molar-refractivity contribution in [2.24, 2.45) is 0 Å². The van der Waals surface area contributed by atoms with Crippen molar-refractivity contribution in [3.05, 3.63) is 47.5 Å². The maximum absolute atomic E-state index is 6.19. The monoisotopic (exact) mass is 341 g/mol. The lowest BCUT2D eigenvalue weighted by Gasteiger charge is -2.16. The summed E-state index contributed by atoms with van der Waals surface area (Å²) in [5.74, 6) is 0.693. The summed E-state index contributed by atoms with van der Waals surface area (Å²) in [6.07, 6.45) is 6.76. The van der Waals surface area contributed by atoms with Crippen LogP contribution in [0.15, 0.2) is 36.7 Å². The number of halogens is 1. The normalized spacial score (nSPS) is 16.6. The van der Waals surface area contributed by atoms with Gasteiger partial charge < -0.3 is 9.88 Å². The molecule has 5 nitrogen and oxygen atoms in total. The van der Waals surface area contributed by atoms with Gasteiger partial charge in [0.15, 0.2) is 17.0 Å². The number of hydrogen-bond acceptors (Lipinski definition) is 4. The maximum atomic E-state index is 6.19. The fourth-order valence-corrected chi connectivity index (χ4v) is 3.63. The number of nitrogens with one attached hydrogen (secondary N) is 1. The second kappa shape index (κ2) is 6.40. The number of hydrogen-bond donors (Lipinski definition) is 1. The van der Waals surface area contributed by atoms with Gasteiger partial charge in [0.1, 0.15) is 0 Å². The highest BCUT2D eigenvalue weighted by Crippen LogP contribution is 2.33. The molecule has 1 aliphatic carbocycles. The Bertz CT molecular complexity index is 839. The SMILES string of the molecule is CC(Nc1nc(Cl)nc2c1ncn2C1CCCC1)c1ccccc1. The lowest BCUT2D eigenvalue weighted by atomic mass is 10.1. The topological polar surface area (TPSA) is 55.6 Å². The summed E-state index contributed by atoms with van der Waals surface area (Å²) in [6.45, 7) is 2.10. The van der Waals surface area contributed by atoms with E-state index in [0.717, 1.165) is 11.2 Å². The molecule has 1 aliphatic rings. The largest absolute Gasteiger partial charge is 0.362 e. The first-order chi connectivity index (χ1) is 11.7. The van der Waals surface area contributed by atoms with E-state index in [1.54, 1.807) is 0 Å². The van der Waals surface area contributed by atoms with Gasteiger partial charge in [0.05, 0.1) is 12.4 Å². The summed E-state index contributed by atoms with van der Waals surface area (Å²) in [5.41, 5.74) is 2.80. The molecule has 0 spiro atoms. The molecule has 1 fully saturated rings. The van der Waals surface area contributed by atoms with Gasteiger partial charge in [0.2, 0.25) is 5.28 Å². The molecule has 1 N–H and O–H groups in total. The number of benzene rings is 1. The van der Waals surface area contributed by atoms with Gasteiger partial charge in [-0.05, 0) is 36.9 Å². The standard InChI is InChI=1S/C18H20ClN5/c1-12(13-7-3-2-4-8-13)21-16-15-17(23-18(19)22-16)24(11-20-15)14-9-5-6-10-14/h2-4,7-8,11-12,14H,5-6,9-10H2,1H3,(H,21,22,23). The zero-order valence-corrected chi connectivity index (χ0v) is 14.4. The van der Waals surface area contributed by atoms with E-state index in [4.69, 9.17) is 11.6 Å². The minimum atomic E-state index is 0.108. The molecule has 2 heterocycles. The molecule has 2 aromatic heterocycles. The maximum Gasteiger partial charge on any atom is 0.226 e. The molecule has 1 aromatic carbocycles. The third-order valence-corrected chi connectivity index (χ3v) is 4.93. The summed E-state index contributed by atoms with van der Waals surface area (Å²) in [4.78, 5) is 13.4. The molecule has 1 atom stereocenters. The van der Waals surface area contributed by atoms with Crippen molar-refractivity contribution in [1.82, 2.24) is 19.5 Å². The van der Waals surface area contributed by atoms with Crippen LogP contribution in [0.4, 0.5) is 5.82 Å². The molecule has 1 saturated carbocycles. The lowest BCUT2D eigenvalue weighted by Crippen LogP contribution is -2.10. The van der Waals surface area contributed by atoms with Gasteiger partial charge in [0.25, 0.3) is 0 Å². The third kappa shape index (κ3) is 2.84. The summed E-state index contributed by atoms with van der Waals surface area (Å²) in [7, 11) is 0. The fraction of sp³-hybridized carbons (Fsp3) is 0.389. The molecule has 0 saturated heterocycles. The Morgan fingerprint density at radius 2 is 1.92 bits per heavy atom. The van der Waals surface area contributed by atoms with E-state index in [1.807, 2.05) is 24.5 Å². The molecule has 4 rings (SSSR count). The van der Waals surface area contributed by atoms with Crippen LogP contribution in [0.3, 0.4) is 0 Å². The van der Waals surface area contributed by atoms with E-state index in [9.17, 15) is 0 Å². The van der Waals surface area contributed by atoms with Gasteiger partial charge in [0, 0.05) is 6.04 Å². The predicted octanol–water partition coefficient (Wildman–Crippen LogP) is 4.77. The Morgan fingerprint density at radius 3 is 2.67 bits per heavy atom. The minimum absolute atomic E-state index is 0.108. The van der Waals surface area contributed by atoms with E-state index < -0.39 is 0 Å². The van der Waals surface area contributed by atoms with Crippen LogP contribution >= 0.6 is 11.6 Å². The highest BCUT2D eigenvalue weighted by Gasteiger charge is 2.22. The minimum Gasteiger partial charge on any atom is -0.362 e. The van der Waals surface area contributed by atoms with Crippen LogP contribution in [0.25, 0.3) is 11.2 Å². The van der Waals surface area contributed by atoms with Crippen LogP contribution in [-0.2, 0) is 0 Å². The summed E-state index contributed by atoms with van der Waals surface area (Å²) in [6, 6.07) is 10.8. The van der Waals surface area contributed by atoms with Crippen molar-refractivity contribution >= 4 is 28.6 Å². The first-order valence-electron chi connectivity index (χ1n) is 8.44. The van der Waals surface area contributed by atoms with Crippen molar-refractivity contribution in [1.29, 1.82) is 0 Å². The van der Waals surface area contributed by atoms with Crippen LogP contribution in [0.1, 0.15) is 50.3 Å². The van der Waals surface area contributed by atoms with Crippen molar-refractivity contribution in [3.63, 3.8) is 0 Å². The number of aromatic nitrogens is 4. The summed E-state index contributed by atoms with van der Waals surface area (Å²) >= 11 is 6.19. The van der Waals surface area contributed by atoms with Crippen molar-refractivity contribution in [3.8, 4) is 0 Å². The van der Waals surface area contributed by atoms with E-state index in [1.165, 1.54) is 31.2 Å². The van der Waals surface area contributed by atoms with E-state index in [2.05, 4.69) is 43.9 Å². The Kier molecular flexibility index (Phi) is 4.10. The van der Waals surface area contributed by atoms with Crippen molar-refractivity contribution in [2.75, 3.05) is 5.32 Å². The molecular formula is C18H20ClN5. The molecule has 1 unspecified atom stereocenters. The molecule has 124 valence electrons. The fourth-order valence-electron chi connectivity index (χ4n) is 3.47. The predicted molar refractivity (Wildman–Crippen MR) is 96.3 cm³/mol. The number of nitrogens with zero attached hydrogens (tertiary/aromatic N) is 4. The zero-order chi connectivity index (χ0) is 16.5. The molecule has 3 aromatic rings. The quantitative estimate of drug-likeness (QED) is 0.694. The van der Waals surface area contributed by atoms with Crippen molar-refractivity contribution < 1.29 is 0 Å². The van der Waals surface area contributed by atoms with Crippen LogP contribution < -0.4 is 5.32 Å². The van der Waals surface area contributed by atoms with Gasteiger partial charge >= 0.3 is 0 Å². The third-order valence-electron chi connectivity index (χ3n) is 4.77. The van der Waals surface area contributed by atoms with Gasteiger partial charge in [-0.25, -0.2) is 4.98 Å². The average Bonchev–Trinajstić information content (AvgIpc) is 3.24. The Morgan fingerprint density at radius 1 is 1.17 bits per heavy atom.